The van der Waals surface area contributed by atoms with Gasteiger partial charge in [-0.25, -0.2) is 4.79 Å². The van der Waals surface area contributed by atoms with Crippen molar-refractivity contribution in [3.8, 4) is 0 Å². The van der Waals surface area contributed by atoms with Gasteiger partial charge in [0.05, 0.1) is 5.60 Å². The molecule has 1 fully saturated rings. The molecular weight excluding hydrogens is 288 g/mol. The van der Waals surface area contributed by atoms with Crippen LogP contribution in [0.1, 0.15) is 52.9 Å². The molecule has 1 heterocycles. The van der Waals surface area contributed by atoms with E-state index in [0.29, 0.717) is 12.0 Å². The van der Waals surface area contributed by atoms with E-state index in [9.17, 15) is 9.90 Å². The van der Waals surface area contributed by atoms with E-state index in [1.807, 2.05) is 32.1 Å². The summed E-state index contributed by atoms with van der Waals surface area (Å²) in [5.74, 6) is -0.204. The van der Waals surface area contributed by atoms with Crippen LogP contribution in [0, 0.1) is 5.92 Å². The van der Waals surface area contributed by atoms with Crippen molar-refractivity contribution in [2.75, 3.05) is 0 Å². The Kier molecular flexibility index (Phi) is 5.64. The second-order valence-electron chi connectivity index (χ2n) is 7.11. The Balaban J connectivity index is 2.24. The second kappa shape index (κ2) is 7.31. The molecule has 1 aliphatic heterocycles. The lowest BCUT2D eigenvalue weighted by Crippen LogP contribution is -2.20. The van der Waals surface area contributed by atoms with E-state index in [1.54, 1.807) is 0 Å². The number of carbonyl (C=O) groups is 1. The summed E-state index contributed by atoms with van der Waals surface area (Å²) in [5.41, 5.74) is 2.24. The highest BCUT2D eigenvalue weighted by atomic mass is 16.5. The summed E-state index contributed by atoms with van der Waals surface area (Å²) in [6.45, 7) is 9.90. The average Bonchev–Trinajstić information content (AvgIpc) is 2.70. The van der Waals surface area contributed by atoms with Crippen molar-refractivity contribution in [1.82, 2.24) is 0 Å². The van der Waals surface area contributed by atoms with Gasteiger partial charge in [0.25, 0.3) is 0 Å². The standard InChI is InChI=1S/C20H28O3/c1-14-7-5-11-20(4,22)12-6-8-15(2)13-18-17(10-9-14)16(3)19(21)23-18/h6-7,12-13,17-18,22H,3,5,8-11H2,1-2,4H3/b12-6+,14-7+,15-13+/t17-,18-,20-/m0/s1. The van der Waals surface area contributed by atoms with Crippen LogP contribution in [0.3, 0.4) is 0 Å². The van der Waals surface area contributed by atoms with E-state index in [-0.39, 0.29) is 18.0 Å². The Labute approximate surface area is 139 Å². The lowest BCUT2D eigenvalue weighted by molar-refractivity contribution is -0.137. The van der Waals surface area contributed by atoms with Crippen LogP contribution < -0.4 is 0 Å². The highest BCUT2D eigenvalue weighted by molar-refractivity contribution is 5.91. The summed E-state index contributed by atoms with van der Waals surface area (Å²) in [6, 6.07) is 0. The largest absolute Gasteiger partial charge is 0.454 e. The molecule has 0 amide bonds. The summed E-state index contributed by atoms with van der Waals surface area (Å²) in [5, 5.41) is 10.4. The van der Waals surface area contributed by atoms with Crippen molar-refractivity contribution in [2.45, 2.75) is 64.6 Å². The number of aliphatic hydroxyl groups is 1. The summed E-state index contributed by atoms with van der Waals surface area (Å²) >= 11 is 0. The minimum absolute atomic E-state index is 0.0656. The Morgan fingerprint density at radius 2 is 2.09 bits per heavy atom. The minimum atomic E-state index is -0.780. The molecule has 0 aromatic rings. The molecule has 3 nitrogen and oxygen atoms in total. The number of hydrogen-bond donors (Lipinski definition) is 1. The number of allylic oxidation sites excluding steroid dienone is 4. The molecule has 23 heavy (non-hydrogen) atoms. The molecule has 0 aromatic carbocycles. The molecule has 0 spiro atoms. The van der Waals surface area contributed by atoms with Gasteiger partial charge in [0, 0.05) is 11.5 Å². The van der Waals surface area contributed by atoms with E-state index in [0.717, 1.165) is 31.3 Å². The van der Waals surface area contributed by atoms with Gasteiger partial charge in [-0.05, 0) is 59.0 Å². The Bertz CT molecular complexity index is 563. The van der Waals surface area contributed by atoms with Crippen molar-refractivity contribution >= 4 is 5.97 Å². The topological polar surface area (TPSA) is 46.5 Å². The molecule has 2 rings (SSSR count). The van der Waals surface area contributed by atoms with E-state index in [2.05, 4.69) is 19.6 Å². The fraction of sp³-hybridized carbons (Fsp3) is 0.550. The normalized spacial score (nSPS) is 39.3. The minimum Gasteiger partial charge on any atom is -0.454 e. The predicted octanol–water partition coefficient (Wildman–Crippen LogP) is 4.25. The van der Waals surface area contributed by atoms with Gasteiger partial charge in [0.15, 0.2) is 0 Å². The Morgan fingerprint density at radius 3 is 2.83 bits per heavy atom. The van der Waals surface area contributed by atoms with E-state index in [1.165, 1.54) is 5.57 Å². The van der Waals surface area contributed by atoms with Crippen LogP contribution in [0.25, 0.3) is 0 Å². The highest BCUT2D eigenvalue weighted by Crippen LogP contribution is 2.33. The molecule has 0 radical (unpaired) electrons. The first kappa shape index (κ1) is 17.7. The summed E-state index contributed by atoms with van der Waals surface area (Å²) < 4.78 is 5.48. The van der Waals surface area contributed by atoms with Crippen molar-refractivity contribution in [2.24, 2.45) is 5.92 Å². The Morgan fingerprint density at radius 1 is 1.35 bits per heavy atom. The zero-order valence-electron chi connectivity index (χ0n) is 14.5. The molecule has 1 N–H and O–H groups in total. The second-order valence-corrected chi connectivity index (χ2v) is 7.11. The zero-order chi connectivity index (χ0) is 17.0. The maximum atomic E-state index is 11.8. The van der Waals surface area contributed by atoms with Gasteiger partial charge in [0.1, 0.15) is 6.10 Å². The van der Waals surface area contributed by atoms with Crippen LogP contribution in [0.4, 0.5) is 0 Å². The maximum absolute atomic E-state index is 11.8. The quantitative estimate of drug-likeness (QED) is 0.413. The van der Waals surface area contributed by atoms with Gasteiger partial charge in [-0.2, -0.15) is 0 Å². The number of carbonyl (C=O) groups excluding carboxylic acids is 1. The zero-order valence-corrected chi connectivity index (χ0v) is 14.5. The summed E-state index contributed by atoms with van der Waals surface area (Å²) in [4.78, 5) is 11.8. The fourth-order valence-electron chi connectivity index (χ4n) is 3.15. The smallest absolute Gasteiger partial charge is 0.334 e. The molecular formula is C20H28O3. The molecule has 3 atom stereocenters. The van der Waals surface area contributed by atoms with E-state index >= 15 is 0 Å². The first-order valence-corrected chi connectivity index (χ1v) is 8.41. The van der Waals surface area contributed by atoms with Crippen LogP contribution in [-0.2, 0) is 9.53 Å². The maximum Gasteiger partial charge on any atom is 0.334 e. The number of ether oxygens (including phenoxy) is 1. The van der Waals surface area contributed by atoms with Crippen LogP contribution in [0.5, 0.6) is 0 Å². The average molecular weight is 316 g/mol. The van der Waals surface area contributed by atoms with Crippen LogP contribution in [-0.4, -0.2) is 22.8 Å². The van der Waals surface area contributed by atoms with Crippen molar-refractivity contribution in [3.05, 3.63) is 47.6 Å². The molecule has 3 heteroatoms. The van der Waals surface area contributed by atoms with E-state index in [4.69, 9.17) is 4.74 Å². The van der Waals surface area contributed by atoms with Crippen molar-refractivity contribution in [3.63, 3.8) is 0 Å². The predicted molar refractivity (Wildman–Crippen MR) is 92.9 cm³/mol. The van der Waals surface area contributed by atoms with Crippen molar-refractivity contribution < 1.29 is 14.6 Å². The highest BCUT2D eigenvalue weighted by Gasteiger charge is 2.36. The molecule has 0 aromatic heterocycles. The molecule has 1 saturated heterocycles. The van der Waals surface area contributed by atoms with Gasteiger partial charge in [0.2, 0.25) is 0 Å². The number of fused-ring (bicyclic) bond motifs is 1. The van der Waals surface area contributed by atoms with Gasteiger partial charge < -0.3 is 9.84 Å². The first-order valence-electron chi connectivity index (χ1n) is 8.41. The van der Waals surface area contributed by atoms with Crippen molar-refractivity contribution in [1.29, 1.82) is 0 Å². The molecule has 0 saturated carbocycles. The van der Waals surface area contributed by atoms with Crippen LogP contribution in [0.2, 0.25) is 0 Å². The lowest BCUT2D eigenvalue weighted by atomic mass is 9.88. The SMILES string of the molecule is C=C1C(=O)O[C@H]2/C=C(\C)C/C=C/[C@@](C)(O)CC/C=C(\C)CC[C@@H]12. The number of esters is 1. The van der Waals surface area contributed by atoms with Gasteiger partial charge in [-0.15, -0.1) is 0 Å². The molecule has 2 aliphatic rings. The van der Waals surface area contributed by atoms with Crippen LogP contribution in [0.15, 0.2) is 47.6 Å². The van der Waals surface area contributed by atoms with Gasteiger partial charge in [-0.1, -0.05) is 36.0 Å². The molecule has 1 aliphatic carbocycles. The van der Waals surface area contributed by atoms with E-state index < -0.39 is 5.60 Å². The van der Waals surface area contributed by atoms with Gasteiger partial charge >= 0.3 is 5.97 Å². The Hall–Kier alpha value is -1.61. The number of rotatable bonds is 0. The van der Waals surface area contributed by atoms with Crippen LogP contribution >= 0.6 is 0 Å². The third-order valence-corrected chi connectivity index (χ3v) is 4.71. The fourth-order valence-corrected chi connectivity index (χ4v) is 3.15. The summed E-state index contributed by atoms with van der Waals surface area (Å²) in [6.07, 6.45) is 12.0. The third-order valence-electron chi connectivity index (χ3n) is 4.71. The molecule has 0 bridgehead atoms. The first-order chi connectivity index (χ1) is 10.8. The molecule has 126 valence electrons. The monoisotopic (exact) mass is 316 g/mol. The number of hydrogen-bond acceptors (Lipinski definition) is 3. The molecule has 0 unspecified atom stereocenters. The third kappa shape index (κ3) is 4.93. The van der Waals surface area contributed by atoms with Gasteiger partial charge in [-0.3, -0.25) is 0 Å². The lowest BCUT2D eigenvalue weighted by Gasteiger charge is -2.19. The summed E-state index contributed by atoms with van der Waals surface area (Å²) in [7, 11) is 0.